The van der Waals surface area contributed by atoms with E-state index in [2.05, 4.69) is 0 Å². The average molecular weight is 147 g/mol. The van der Waals surface area contributed by atoms with Crippen molar-refractivity contribution < 1.29 is 14.7 Å². The number of carbonyl (C=O) groups is 1. The van der Waals surface area contributed by atoms with Gasteiger partial charge in [-0.1, -0.05) is 6.92 Å². The predicted molar refractivity (Wildman–Crippen MR) is 35.6 cm³/mol. The first-order valence-electron chi connectivity index (χ1n) is 3.31. The van der Waals surface area contributed by atoms with Crippen LogP contribution in [0.15, 0.2) is 0 Å². The zero-order chi connectivity index (χ0) is 7.98. The van der Waals surface area contributed by atoms with E-state index in [0.717, 1.165) is 0 Å². The number of ether oxygens (including phenoxy) is 1. The van der Waals surface area contributed by atoms with Crippen molar-refractivity contribution in [2.24, 2.45) is 0 Å². The number of carbonyl (C=O) groups excluding carboxylic acids is 1. The van der Waals surface area contributed by atoms with Crippen LogP contribution >= 0.6 is 0 Å². The van der Waals surface area contributed by atoms with E-state index in [1.54, 1.807) is 6.92 Å². The van der Waals surface area contributed by atoms with Gasteiger partial charge in [-0.05, 0) is 13.3 Å². The fourth-order valence-corrected chi connectivity index (χ4v) is 0.652. The van der Waals surface area contributed by atoms with Gasteiger partial charge in [-0.15, -0.1) is 0 Å². The Morgan fingerprint density at radius 3 is 2.60 bits per heavy atom. The van der Waals surface area contributed by atoms with E-state index in [0.29, 0.717) is 13.0 Å². The Hall–Kier alpha value is -0.610. The standard InChI is InChI=1S/C6H13NO3/c1-3-5(10-4-2)6(8)7-9/h5,9H,3-4H2,1-2H3,(H,7,8). The summed E-state index contributed by atoms with van der Waals surface area (Å²) in [6.45, 7) is 4.09. The fraction of sp³-hybridized carbons (Fsp3) is 0.833. The number of rotatable bonds is 4. The Morgan fingerprint density at radius 1 is 1.70 bits per heavy atom. The monoisotopic (exact) mass is 147 g/mol. The quantitative estimate of drug-likeness (QED) is 0.444. The van der Waals surface area contributed by atoms with E-state index >= 15 is 0 Å². The van der Waals surface area contributed by atoms with E-state index in [-0.39, 0.29) is 0 Å². The molecule has 2 N–H and O–H groups in total. The predicted octanol–water partition coefficient (Wildman–Crippen LogP) is 0.307. The van der Waals surface area contributed by atoms with Gasteiger partial charge in [0.15, 0.2) is 0 Å². The Morgan fingerprint density at radius 2 is 2.30 bits per heavy atom. The molecule has 4 nitrogen and oxygen atoms in total. The van der Waals surface area contributed by atoms with E-state index in [4.69, 9.17) is 9.94 Å². The molecule has 0 saturated carbocycles. The largest absolute Gasteiger partial charge is 0.369 e. The first-order chi connectivity index (χ1) is 4.76. The van der Waals surface area contributed by atoms with Crippen molar-refractivity contribution in [1.29, 1.82) is 0 Å². The highest BCUT2D eigenvalue weighted by Crippen LogP contribution is 1.96. The molecule has 0 aromatic heterocycles. The van der Waals surface area contributed by atoms with E-state index in [9.17, 15) is 4.79 Å². The molecule has 0 aromatic carbocycles. The lowest BCUT2D eigenvalue weighted by atomic mass is 10.3. The van der Waals surface area contributed by atoms with Gasteiger partial charge in [-0.2, -0.15) is 0 Å². The van der Waals surface area contributed by atoms with Gasteiger partial charge >= 0.3 is 0 Å². The maximum Gasteiger partial charge on any atom is 0.272 e. The second kappa shape index (κ2) is 5.20. The summed E-state index contributed by atoms with van der Waals surface area (Å²) in [5.41, 5.74) is 1.54. The zero-order valence-corrected chi connectivity index (χ0v) is 6.26. The lowest BCUT2D eigenvalue weighted by molar-refractivity contribution is -0.141. The summed E-state index contributed by atoms with van der Waals surface area (Å²) in [5, 5.41) is 8.18. The van der Waals surface area contributed by atoms with Gasteiger partial charge < -0.3 is 4.74 Å². The first-order valence-corrected chi connectivity index (χ1v) is 3.31. The van der Waals surface area contributed by atoms with Crippen LogP contribution in [-0.2, 0) is 9.53 Å². The SMILES string of the molecule is CCOC(CC)C(=O)NO. The van der Waals surface area contributed by atoms with E-state index in [1.807, 2.05) is 6.92 Å². The van der Waals surface area contributed by atoms with Gasteiger partial charge in [0.2, 0.25) is 0 Å². The van der Waals surface area contributed by atoms with Crippen LogP contribution in [0.5, 0.6) is 0 Å². The summed E-state index contributed by atoms with van der Waals surface area (Å²) < 4.78 is 4.97. The van der Waals surface area contributed by atoms with Crippen molar-refractivity contribution in [3.8, 4) is 0 Å². The molecule has 1 amide bonds. The molecule has 0 saturated heterocycles. The van der Waals surface area contributed by atoms with Crippen molar-refractivity contribution in [3.63, 3.8) is 0 Å². The summed E-state index contributed by atoms with van der Waals surface area (Å²) >= 11 is 0. The molecule has 0 aliphatic carbocycles. The Balaban J connectivity index is 3.68. The second-order valence-corrected chi connectivity index (χ2v) is 1.83. The summed E-state index contributed by atoms with van der Waals surface area (Å²) in [6, 6.07) is 0. The van der Waals surface area contributed by atoms with Crippen LogP contribution in [0.1, 0.15) is 20.3 Å². The highest BCUT2D eigenvalue weighted by Gasteiger charge is 2.14. The molecule has 0 heterocycles. The molecule has 0 spiro atoms. The smallest absolute Gasteiger partial charge is 0.272 e. The minimum absolute atomic E-state index is 0.478. The second-order valence-electron chi connectivity index (χ2n) is 1.83. The van der Waals surface area contributed by atoms with Crippen molar-refractivity contribution in [2.75, 3.05) is 6.61 Å². The number of hydrogen-bond acceptors (Lipinski definition) is 3. The topological polar surface area (TPSA) is 58.6 Å². The van der Waals surface area contributed by atoms with Crippen molar-refractivity contribution in [2.45, 2.75) is 26.4 Å². The summed E-state index contributed by atoms with van der Waals surface area (Å²) in [7, 11) is 0. The summed E-state index contributed by atoms with van der Waals surface area (Å²) in [6.07, 6.45) is 0.0512. The number of nitrogens with one attached hydrogen (secondary N) is 1. The maximum absolute atomic E-state index is 10.6. The molecular weight excluding hydrogens is 134 g/mol. The van der Waals surface area contributed by atoms with Crippen LogP contribution < -0.4 is 5.48 Å². The van der Waals surface area contributed by atoms with Crippen molar-refractivity contribution in [3.05, 3.63) is 0 Å². The molecule has 0 aromatic rings. The molecule has 10 heavy (non-hydrogen) atoms. The van der Waals surface area contributed by atoms with Crippen LogP contribution in [0.25, 0.3) is 0 Å². The normalized spacial score (nSPS) is 12.7. The molecule has 0 radical (unpaired) electrons. The van der Waals surface area contributed by atoms with Crippen molar-refractivity contribution in [1.82, 2.24) is 5.48 Å². The summed E-state index contributed by atoms with van der Waals surface area (Å²) in [4.78, 5) is 10.6. The van der Waals surface area contributed by atoms with Crippen LogP contribution in [0.3, 0.4) is 0 Å². The minimum atomic E-state index is -0.519. The lowest BCUT2D eigenvalue weighted by Gasteiger charge is -2.11. The van der Waals surface area contributed by atoms with E-state index in [1.165, 1.54) is 5.48 Å². The molecule has 0 rings (SSSR count). The fourth-order valence-electron chi connectivity index (χ4n) is 0.652. The Kier molecular flexibility index (Phi) is 4.88. The Bertz CT molecular complexity index is 105. The molecule has 0 aliphatic heterocycles. The van der Waals surface area contributed by atoms with Crippen molar-refractivity contribution >= 4 is 5.91 Å². The minimum Gasteiger partial charge on any atom is -0.369 e. The number of hydrogen-bond donors (Lipinski definition) is 2. The van der Waals surface area contributed by atoms with Crippen LogP contribution in [-0.4, -0.2) is 23.8 Å². The Labute approximate surface area is 60.1 Å². The van der Waals surface area contributed by atoms with Gasteiger partial charge in [0.1, 0.15) is 6.10 Å². The number of amides is 1. The molecule has 1 atom stereocenters. The third kappa shape index (κ3) is 2.80. The van der Waals surface area contributed by atoms with Gasteiger partial charge in [-0.25, -0.2) is 5.48 Å². The van der Waals surface area contributed by atoms with Crippen LogP contribution in [0, 0.1) is 0 Å². The van der Waals surface area contributed by atoms with Gasteiger partial charge in [-0.3, -0.25) is 10.0 Å². The van der Waals surface area contributed by atoms with Gasteiger partial charge in [0.25, 0.3) is 5.91 Å². The molecule has 4 heteroatoms. The first kappa shape index (κ1) is 9.39. The highest BCUT2D eigenvalue weighted by atomic mass is 16.5. The third-order valence-corrected chi connectivity index (χ3v) is 1.14. The molecule has 0 aliphatic rings. The van der Waals surface area contributed by atoms with Gasteiger partial charge in [0, 0.05) is 6.61 Å². The van der Waals surface area contributed by atoms with E-state index < -0.39 is 12.0 Å². The average Bonchev–Trinajstić information content (AvgIpc) is 1.99. The molecule has 1 unspecified atom stereocenters. The van der Waals surface area contributed by atoms with Crippen LogP contribution in [0.2, 0.25) is 0 Å². The maximum atomic E-state index is 10.6. The zero-order valence-electron chi connectivity index (χ0n) is 6.26. The van der Waals surface area contributed by atoms with Gasteiger partial charge in [0.05, 0.1) is 0 Å². The molecular formula is C6H13NO3. The highest BCUT2D eigenvalue weighted by molar-refractivity contribution is 5.79. The molecule has 0 bridgehead atoms. The number of hydroxylamine groups is 1. The summed E-state index contributed by atoms with van der Waals surface area (Å²) in [5.74, 6) is -0.482. The van der Waals surface area contributed by atoms with Crippen LogP contribution in [0.4, 0.5) is 0 Å². The third-order valence-electron chi connectivity index (χ3n) is 1.14. The lowest BCUT2D eigenvalue weighted by Crippen LogP contribution is -2.33. The molecule has 60 valence electrons. The molecule has 0 fully saturated rings.